The Balaban J connectivity index is 4.07. The summed E-state index contributed by atoms with van der Waals surface area (Å²) in [6, 6.07) is 0. The van der Waals surface area contributed by atoms with Crippen molar-refractivity contribution >= 4 is 13.8 Å². The summed E-state index contributed by atoms with van der Waals surface area (Å²) in [5.74, 6) is -0.386. The van der Waals surface area contributed by atoms with Crippen molar-refractivity contribution in [3.63, 3.8) is 0 Å². The monoisotopic (exact) mass is 819 g/mol. The number of ether oxygens (including phenoxy) is 2. The van der Waals surface area contributed by atoms with Gasteiger partial charge in [0.2, 0.25) is 0 Å². The average Bonchev–Trinajstić information content (AvgIpc) is 3.19. The SMILES string of the molecule is CCCCCCCC/C=C\CCCCCCCC(=O)OC(COCCCCCCCCCCCCCCCCCCCCCC)COP(=O)(O)OCC(O)CO. The van der Waals surface area contributed by atoms with Gasteiger partial charge in [-0.2, -0.15) is 0 Å². The van der Waals surface area contributed by atoms with Crippen molar-refractivity contribution in [1.29, 1.82) is 0 Å². The van der Waals surface area contributed by atoms with Gasteiger partial charge in [0.05, 0.1) is 26.4 Å². The predicted octanol–water partition coefficient (Wildman–Crippen LogP) is 13.3. The Bertz CT molecular complexity index is 887. The zero-order valence-electron chi connectivity index (χ0n) is 36.6. The highest BCUT2D eigenvalue weighted by atomic mass is 31.2. The number of hydrogen-bond donors (Lipinski definition) is 3. The fourth-order valence-electron chi connectivity index (χ4n) is 6.82. The lowest BCUT2D eigenvalue weighted by molar-refractivity contribution is -0.154. The molecule has 0 radical (unpaired) electrons. The second-order valence-corrected chi connectivity index (χ2v) is 17.6. The molecular weight excluding hydrogens is 727 g/mol. The minimum absolute atomic E-state index is 0.0521. The van der Waals surface area contributed by atoms with Gasteiger partial charge in [0, 0.05) is 13.0 Å². The number of phosphoric acid groups is 1. The number of esters is 1. The molecule has 0 saturated heterocycles. The third-order valence-corrected chi connectivity index (χ3v) is 11.4. The van der Waals surface area contributed by atoms with Crippen LogP contribution in [0.5, 0.6) is 0 Å². The van der Waals surface area contributed by atoms with E-state index < -0.39 is 33.2 Å². The minimum atomic E-state index is -4.52. The molecule has 0 heterocycles. The van der Waals surface area contributed by atoms with Gasteiger partial charge >= 0.3 is 13.8 Å². The first-order chi connectivity index (χ1) is 27.3. The van der Waals surface area contributed by atoms with Gasteiger partial charge in [0.15, 0.2) is 0 Å². The molecule has 3 N–H and O–H groups in total. The van der Waals surface area contributed by atoms with Crippen LogP contribution < -0.4 is 0 Å². The number of carbonyl (C=O) groups excluding carboxylic acids is 1. The first-order valence-corrected chi connectivity index (χ1v) is 25.2. The van der Waals surface area contributed by atoms with E-state index in [1.807, 2.05) is 0 Å². The number of carbonyl (C=O) groups is 1. The van der Waals surface area contributed by atoms with Crippen LogP contribution in [0.2, 0.25) is 0 Å². The molecule has 0 aromatic heterocycles. The van der Waals surface area contributed by atoms with Crippen LogP contribution in [0.25, 0.3) is 0 Å². The van der Waals surface area contributed by atoms with Gasteiger partial charge in [-0.3, -0.25) is 13.8 Å². The van der Waals surface area contributed by atoms with Crippen LogP contribution in [0.3, 0.4) is 0 Å². The molecule has 10 heteroatoms. The summed E-state index contributed by atoms with van der Waals surface area (Å²) in [4.78, 5) is 22.6. The first-order valence-electron chi connectivity index (χ1n) is 23.7. The molecule has 56 heavy (non-hydrogen) atoms. The molecule has 3 atom stereocenters. The number of hydrogen-bond acceptors (Lipinski definition) is 8. The number of aliphatic hydroxyl groups excluding tert-OH is 2. The molecule has 0 aromatic carbocycles. The van der Waals surface area contributed by atoms with Crippen LogP contribution in [0.1, 0.15) is 232 Å². The molecule has 0 amide bonds. The molecule has 0 aromatic rings. The van der Waals surface area contributed by atoms with Crippen molar-refractivity contribution in [3.05, 3.63) is 12.2 Å². The van der Waals surface area contributed by atoms with Crippen LogP contribution in [0, 0.1) is 0 Å². The molecule has 0 aliphatic carbocycles. The number of aliphatic hydroxyl groups is 2. The molecule has 0 saturated carbocycles. The summed E-state index contributed by atoms with van der Waals surface area (Å²) in [5, 5.41) is 18.4. The molecule has 0 rings (SSSR count). The zero-order valence-corrected chi connectivity index (χ0v) is 37.5. The lowest BCUT2D eigenvalue weighted by atomic mass is 10.0. The van der Waals surface area contributed by atoms with E-state index in [2.05, 4.69) is 26.0 Å². The first kappa shape index (κ1) is 55.2. The summed E-state index contributed by atoms with van der Waals surface area (Å²) in [6.07, 6.45) is 44.6. The van der Waals surface area contributed by atoms with E-state index in [9.17, 15) is 19.4 Å². The van der Waals surface area contributed by atoms with E-state index in [0.717, 1.165) is 51.4 Å². The third kappa shape index (κ3) is 42.8. The Labute approximate surface area is 345 Å². The van der Waals surface area contributed by atoms with Gasteiger partial charge in [-0.15, -0.1) is 0 Å². The molecule has 0 aliphatic rings. The Hall–Kier alpha value is -0.800. The molecular formula is C46H91O9P. The number of allylic oxidation sites excluding steroid dienone is 2. The van der Waals surface area contributed by atoms with Gasteiger partial charge in [-0.05, 0) is 38.5 Å². The summed E-state index contributed by atoms with van der Waals surface area (Å²) in [5.41, 5.74) is 0. The smallest absolute Gasteiger partial charge is 0.457 e. The van der Waals surface area contributed by atoms with Crippen LogP contribution in [0.4, 0.5) is 0 Å². The minimum Gasteiger partial charge on any atom is -0.457 e. The highest BCUT2D eigenvalue weighted by molar-refractivity contribution is 7.47. The standard InChI is InChI=1S/C46H91O9P/c1-3-5-7-9-11-13-15-17-19-20-21-22-23-25-27-29-31-33-35-37-39-52-42-45(43-54-56(50,51)53-41-44(48)40-47)55-46(49)38-36-34-32-30-28-26-24-18-16-14-12-10-8-6-4-2/h18,24,44-45,47-48H,3-17,19-23,25-43H2,1-2H3,(H,50,51)/b24-18-. The Morgan fingerprint density at radius 1 is 0.536 bits per heavy atom. The molecule has 0 bridgehead atoms. The maximum absolute atomic E-state index is 12.6. The van der Waals surface area contributed by atoms with Gasteiger partial charge in [-0.25, -0.2) is 4.57 Å². The fraction of sp³-hybridized carbons (Fsp3) is 0.935. The fourth-order valence-corrected chi connectivity index (χ4v) is 7.61. The Morgan fingerprint density at radius 2 is 0.911 bits per heavy atom. The molecule has 0 fully saturated rings. The van der Waals surface area contributed by atoms with Crippen LogP contribution in [0.15, 0.2) is 12.2 Å². The topological polar surface area (TPSA) is 132 Å². The third-order valence-electron chi connectivity index (χ3n) is 10.5. The molecule has 3 unspecified atom stereocenters. The van der Waals surface area contributed by atoms with Gasteiger partial charge < -0.3 is 24.6 Å². The van der Waals surface area contributed by atoms with Gasteiger partial charge in [0.25, 0.3) is 0 Å². The van der Waals surface area contributed by atoms with Crippen molar-refractivity contribution in [2.45, 2.75) is 244 Å². The highest BCUT2D eigenvalue weighted by Crippen LogP contribution is 2.43. The van der Waals surface area contributed by atoms with Crippen molar-refractivity contribution in [2.24, 2.45) is 0 Å². The molecule has 0 spiro atoms. The van der Waals surface area contributed by atoms with E-state index in [0.29, 0.717) is 6.61 Å². The maximum atomic E-state index is 12.6. The number of rotatable bonds is 46. The predicted molar refractivity (Wildman–Crippen MR) is 233 cm³/mol. The Morgan fingerprint density at radius 3 is 1.34 bits per heavy atom. The van der Waals surface area contributed by atoms with Crippen molar-refractivity contribution in [3.8, 4) is 0 Å². The lowest BCUT2D eigenvalue weighted by Gasteiger charge is -2.20. The van der Waals surface area contributed by atoms with Crippen molar-refractivity contribution in [2.75, 3.05) is 33.0 Å². The molecule has 9 nitrogen and oxygen atoms in total. The maximum Gasteiger partial charge on any atom is 0.472 e. The molecule has 0 aliphatic heterocycles. The summed E-state index contributed by atoms with van der Waals surface area (Å²) < 4.78 is 33.4. The van der Waals surface area contributed by atoms with E-state index in [-0.39, 0.29) is 25.6 Å². The summed E-state index contributed by atoms with van der Waals surface area (Å²) in [7, 11) is -4.52. The second kappa shape index (κ2) is 43.8. The second-order valence-electron chi connectivity index (χ2n) is 16.1. The number of unbranched alkanes of at least 4 members (excludes halogenated alkanes) is 30. The van der Waals surface area contributed by atoms with E-state index in [1.165, 1.54) is 161 Å². The summed E-state index contributed by atoms with van der Waals surface area (Å²) >= 11 is 0. The quantitative estimate of drug-likeness (QED) is 0.0238. The van der Waals surface area contributed by atoms with Crippen LogP contribution in [-0.4, -0.2) is 66.3 Å². The average molecular weight is 819 g/mol. The van der Waals surface area contributed by atoms with E-state index in [1.54, 1.807) is 0 Å². The van der Waals surface area contributed by atoms with E-state index in [4.69, 9.17) is 23.6 Å². The van der Waals surface area contributed by atoms with Crippen molar-refractivity contribution < 1.29 is 43.0 Å². The van der Waals surface area contributed by atoms with Crippen LogP contribution in [-0.2, 0) is 27.9 Å². The Kier molecular flexibility index (Phi) is 43.1. The highest BCUT2D eigenvalue weighted by Gasteiger charge is 2.26. The van der Waals surface area contributed by atoms with Crippen molar-refractivity contribution in [1.82, 2.24) is 0 Å². The summed E-state index contributed by atoms with van der Waals surface area (Å²) in [6.45, 7) is 3.56. The van der Waals surface area contributed by atoms with E-state index >= 15 is 0 Å². The largest absolute Gasteiger partial charge is 0.472 e. The zero-order chi connectivity index (χ0) is 41.1. The van der Waals surface area contributed by atoms with Crippen LogP contribution >= 0.6 is 7.82 Å². The normalized spacial score (nSPS) is 14.0. The molecule has 334 valence electrons. The van der Waals surface area contributed by atoms with Gasteiger partial charge in [0.1, 0.15) is 12.2 Å². The number of phosphoric ester groups is 1. The van der Waals surface area contributed by atoms with Gasteiger partial charge in [-0.1, -0.05) is 199 Å². The lowest BCUT2D eigenvalue weighted by Crippen LogP contribution is -2.29.